The van der Waals surface area contributed by atoms with Gasteiger partial charge in [-0.15, -0.1) is 0 Å². The fourth-order valence-electron chi connectivity index (χ4n) is 7.31. The monoisotopic (exact) mass is 984 g/mol. The summed E-state index contributed by atoms with van der Waals surface area (Å²) in [6.45, 7) is 8.17. The zero-order valence-corrected chi connectivity index (χ0v) is 40.9. The Balaban J connectivity index is 1.44. The minimum absolute atomic E-state index is 0.0254. The highest BCUT2D eigenvalue weighted by Crippen LogP contribution is 2.40. The number of hydrazine groups is 1. The number of aromatic carboxylic acids is 1. The number of hydrogen-bond donors (Lipinski definition) is 4. The number of unbranched alkanes of at least 4 members (excludes halogenated alkanes) is 9. The summed E-state index contributed by atoms with van der Waals surface area (Å²) in [5.41, 5.74) is 3.52. The van der Waals surface area contributed by atoms with Crippen LogP contribution < -0.4 is 30.0 Å². The standard InChI is InChI=1S/C48H56Cl4N6O8/c1-7-8-9-10-11-12-13-14-15-16-17-39(66-31-19-21-38(59)33(27-31)48(2,3)4)45(60)53-29-18-20-34(50)37(25-29)54-44-41(46(61)58(57-44)42-35(51)22-28(49)23-36(42)52)56-55-30-24-32(47(62)63)43(65-6)40(26-30)64-5/h18-27,39,41,59H,7-17H2,1-6H3,(H,53,60)(H,54,57)(H,62,63). The normalized spacial score (nSPS) is 15.0. The number of amides is 2. The maximum absolute atomic E-state index is 14.2. The molecule has 1 aliphatic rings. The number of nitrogens with zero attached hydrogens (tertiary/aromatic N) is 4. The smallest absolute Gasteiger partial charge is 0.339 e. The number of aliphatic imine (C=N–C) groups is 1. The Labute approximate surface area is 405 Å². The van der Waals surface area contributed by atoms with E-state index in [4.69, 9.17) is 60.6 Å². The lowest BCUT2D eigenvalue weighted by atomic mass is 9.86. The van der Waals surface area contributed by atoms with E-state index >= 15 is 0 Å². The molecule has 2 atom stereocenters. The molecule has 4 aromatic carbocycles. The SMILES string of the molecule is CCCCCCCCCCCCC(Oc1ccc(O)c(C(C)(C)C)c1)C(=O)Nc1ccc(Cl)c(N=C2NN(c3c(Cl)cc(Cl)cc3Cl)C(=O)C2N=Nc2cc(OC)c(OC)c(C(=O)O)c2)c1. The van der Waals surface area contributed by atoms with Crippen molar-refractivity contribution in [3.63, 3.8) is 0 Å². The number of ether oxygens (including phenoxy) is 3. The molecule has 0 aliphatic carbocycles. The van der Waals surface area contributed by atoms with Crippen LogP contribution in [-0.4, -0.2) is 60.2 Å². The number of hydrogen-bond acceptors (Lipinski definition) is 10. The van der Waals surface area contributed by atoms with Gasteiger partial charge in [0.1, 0.15) is 22.7 Å². The Morgan fingerprint density at radius 3 is 2.11 bits per heavy atom. The van der Waals surface area contributed by atoms with Crippen LogP contribution in [0.1, 0.15) is 114 Å². The predicted octanol–water partition coefficient (Wildman–Crippen LogP) is 13.4. The third-order valence-corrected chi connectivity index (χ3v) is 11.9. The van der Waals surface area contributed by atoms with Crippen LogP contribution in [-0.2, 0) is 15.0 Å². The van der Waals surface area contributed by atoms with Crippen molar-refractivity contribution < 1.29 is 38.8 Å². The number of aromatic hydroxyl groups is 1. The number of carbonyl (C=O) groups is 3. The average molecular weight is 987 g/mol. The molecule has 0 spiro atoms. The summed E-state index contributed by atoms with van der Waals surface area (Å²) in [5, 5.41) is 33.4. The number of carboxylic acid groups (broad SMARTS) is 1. The van der Waals surface area contributed by atoms with Crippen molar-refractivity contribution in [2.45, 2.75) is 116 Å². The first-order valence-corrected chi connectivity index (χ1v) is 23.3. The molecule has 18 heteroatoms. The molecule has 1 fully saturated rings. The summed E-state index contributed by atoms with van der Waals surface area (Å²) >= 11 is 26.0. The van der Waals surface area contributed by atoms with Crippen LogP contribution in [0.5, 0.6) is 23.0 Å². The first-order valence-electron chi connectivity index (χ1n) is 21.8. The average Bonchev–Trinajstić information content (AvgIpc) is 3.56. The minimum atomic E-state index is -1.47. The lowest BCUT2D eigenvalue weighted by Crippen LogP contribution is -2.36. The number of azo groups is 1. The molecule has 0 radical (unpaired) electrons. The highest BCUT2D eigenvalue weighted by Gasteiger charge is 2.41. The Morgan fingerprint density at radius 1 is 0.848 bits per heavy atom. The van der Waals surface area contributed by atoms with E-state index in [-0.39, 0.29) is 71.2 Å². The second-order valence-electron chi connectivity index (χ2n) is 16.8. The third kappa shape index (κ3) is 13.6. The molecule has 4 aromatic rings. The second kappa shape index (κ2) is 24.0. The minimum Gasteiger partial charge on any atom is -0.508 e. The van der Waals surface area contributed by atoms with Gasteiger partial charge in [0.2, 0.25) is 6.04 Å². The van der Waals surface area contributed by atoms with Gasteiger partial charge >= 0.3 is 5.97 Å². The van der Waals surface area contributed by atoms with Gasteiger partial charge in [0.05, 0.1) is 40.7 Å². The van der Waals surface area contributed by atoms with E-state index in [9.17, 15) is 24.6 Å². The molecule has 1 saturated heterocycles. The first-order chi connectivity index (χ1) is 31.4. The molecule has 0 saturated carbocycles. The van der Waals surface area contributed by atoms with Crippen LogP contribution in [0, 0.1) is 0 Å². The van der Waals surface area contributed by atoms with Gasteiger partial charge < -0.3 is 29.7 Å². The molecule has 0 aromatic heterocycles. The Hall–Kier alpha value is -5.28. The highest BCUT2D eigenvalue weighted by atomic mass is 35.5. The Bertz CT molecular complexity index is 2420. The zero-order chi connectivity index (χ0) is 48.1. The van der Waals surface area contributed by atoms with Crippen molar-refractivity contribution >= 4 is 92.8 Å². The van der Waals surface area contributed by atoms with Crippen molar-refractivity contribution in [2.24, 2.45) is 15.2 Å². The number of nitrogens with one attached hydrogen (secondary N) is 2. The molecule has 354 valence electrons. The van der Waals surface area contributed by atoms with Gasteiger partial charge in [0.15, 0.2) is 23.4 Å². The van der Waals surface area contributed by atoms with Gasteiger partial charge in [0, 0.05) is 22.3 Å². The summed E-state index contributed by atoms with van der Waals surface area (Å²) < 4.78 is 17.0. The number of carbonyl (C=O) groups excluding carboxylic acids is 2. The van der Waals surface area contributed by atoms with Gasteiger partial charge in [-0.25, -0.2) is 14.8 Å². The Morgan fingerprint density at radius 2 is 1.50 bits per heavy atom. The van der Waals surface area contributed by atoms with Crippen LogP contribution in [0.2, 0.25) is 20.1 Å². The van der Waals surface area contributed by atoms with Gasteiger partial charge in [-0.2, -0.15) is 10.2 Å². The molecule has 14 nitrogen and oxygen atoms in total. The van der Waals surface area contributed by atoms with E-state index in [1.807, 2.05) is 20.8 Å². The van der Waals surface area contributed by atoms with Crippen molar-refractivity contribution in [2.75, 3.05) is 24.5 Å². The van der Waals surface area contributed by atoms with Gasteiger partial charge in [-0.1, -0.05) is 132 Å². The molecular weight excluding hydrogens is 930 g/mol. The van der Waals surface area contributed by atoms with E-state index in [2.05, 4.69) is 32.9 Å². The molecule has 1 heterocycles. The number of phenolic OH excluding ortho intramolecular Hbond substituents is 1. The molecule has 2 unspecified atom stereocenters. The van der Waals surface area contributed by atoms with Gasteiger partial charge in [-0.3, -0.25) is 15.0 Å². The number of benzene rings is 4. The molecule has 0 bridgehead atoms. The topological polar surface area (TPSA) is 184 Å². The fourth-order valence-corrected chi connectivity index (χ4v) is 8.45. The maximum atomic E-state index is 14.2. The van der Waals surface area contributed by atoms with Gasteiger partial charge in [-0.05, 0) is 72.9 Å². The van der Waals surface area contributed by atoms with Crippen molar-refractivity contribution in [3.05, 3.63) is 91.9 Å². The highest BCUT2D eigenvalue weighted by molar-refractivity contribution is 6.43. The summed E-state index contributed by atoms with van der Waals surface area (Å²) in [4.78, 5) is 45.1. The van der Waals surface area contributed by atoms with Crippen LogP contribution in [0.25, 0.3) is 0 Å². The number of rotatable bonds is 22. The number of amidine groups is 1. The number of phenols is 1. The summed E-state index contributed by atoms with van der Waals surface area (Å²) in [6.07, 6.45) is 10.9. The molecule has 66 heavy (non-hydrogen) atoms. The molecular formula is C48H56Cl4N6O8. The Kier molecular flexibility index (Phi) is 18.8. The van der Waals surface area contributed by atoms with Crippen LogP contribution in [0.4, 0.5) is 22.7 Å². The van der Waals surface area contributed by atoms with Crippen LogP contribution in [0.3, 0.4) is 0 Å². The number of carboxylic acids is 1. The lowest BCUT2D eigenvalue weighted by Gasteiger charge is -2.23. The van der Waals surface area contributed by atoms with E-state index in [1.54, 1.807) is 30.3 Å². The number of halogens is 4. The van der Waals surface area contributed by atoms with Gasteiger partial charge in [0.25, 0.3) is 11.8 Å². The third-order valence-electron chi connectivity index (χ3n) is 10.7. The second-order valence-corrected chi connectivity index (χ2v) is 18.5. The van der Waals surface area contributed by atoms with Crippen molar-refractivity contribution in [3.8, 4) is 23.0 Å². The first kappa shape index (κ1) is 51.7. The van der Waals surface area contributed by atoms with Crippen molar-refractivity contribution in [1.82, 2.24) is 5.43 Å². The summed E-state index contributed by atoms with van der Waals surface area (Å²) in [5.74, 6) is -1.88. The number of methoxy groups -OCH3 is 2. The van der Waals surface area contributed by atoms with Crippen LogP contribution in [0.15, 0.2) is 75.9 Å². The van der Waals surface area contributed by atoms with Crippen molar-refractivity contribution in [1.29, 1.82) is 0 Å². The fraction of sp³-hybridized carbons (Fsp3) is 0.417. The largest absolute Gasteiger partial charge is 0.508 e. The van der Waals surface area contributed by atoms with E-state index in [0.717, 1.165) is 30.7 Å². The molecule has 1 aliphatic heterocycles. The lowest BCUT2D eigenvalue weighted by molar-refractivity contribution is -0.123. The molecule has 4 N–H and O–H groups in total. The molecule has 5 rings (SSSR count). The van der Waals surface area contributed by atoms with Crippen LogP contribution >= 0.6 is 46.4 Å². The summed E-state index contributed by atoms with van der Waals surface area (Å²) in [7, 11) is 2.64. The quantitative estimate of drug-likeness (QED) is 0.0439. The summed E-state index contributed by atoms with van der Waals surface area (Å²) in [6, 6.07) is 13.6. The van der Waals surface area contributed by atoms with E-state index < -0.39 is 29.9 Å². The number of anilines is 2. The predicted molar refractivity (Wildman–Crippen MR) is 262 cm³/mol. The van der Waals surface area contributed by atoms with E-state index in [1.165, 1.54) is 83.1 Å². The maximum Gasteiger partial charge on any atom is 0.339 e. The zero-order valence-electron chi connectivity index (χ0n) is 37.9. The van der Waals surface area contributed by atoms with E-state index in [0.29, 0.717) is 23.4 Å². The molecule has 2 amide bonds.